The first-order valence-corrected chi connectivity index (χ1v) is 2.81. The van der Waals surface area contributed by atoms with Gasteiger partial charge in [-0.1, -0.05) is 11.6 Å². The van der Waals surface area contributed by atoms with Gasteiger partial charge in [0.1, 0.15) is 5.16 Å². The van der Waals surface area contributed by atoms with E-state index in [2.05, 4.69) is 11.7 Å². The molecule has 0 amide bonds. The van der Waals surface area contributed by atoms with Gasteiger partial charge in [0.2, 0.25) is 0 Å². The molecule has 0 aliphatic heterocycles. The van der Waals surface area contributed by atoms with Crippen LogP contribution in [0.2, 0.25) is 0 Å². The van der Waals surface area contributed by atoms with E-state index < -0.39 is 0 Å². The normalized spacial score (nSPS) is 13.6. The second-order valence-corrected chi connectivity index (χ2v) is 1.95. The Morgan fingerprint density at radius 1 is 1.67 bits per heavy atom. The highest BCUT2D eigenvalue weighted by atomic mass is 35.5. The molecule has 0 radical (unpaired) electrons. The molecule has 2 N–H and O–H groups in total. The van der Waals surface area contributed by atoms with E-state index >= 15 is 0 Å². The maximum atomic E-state index is 5.44. The van der Waals surface area contributed by atoms with Crippen LogP contribution < -0.4 is 5.73 Å². The summed E-state index contributed by atoms with van der Waals surface area (Å²) in [5, 5.41) is 0.347. The van der Waals surface area contributed by atoms with Crippen LogP contribution in [0.15, 0.2) is 28.0 Å². The van der Waals surface area contributed by atoms with E-state index in [-0.39, 0.29) is 0 Å². The van der Waals surface area contributed by atoms with Crippen molar-refractivity contribution in [3.63, 3.8) is 0 Å². The van der Waals surface area contributed by atoms with Gasteiger partial charge >= 0.3 is 0 Å². The smallest absolute Gasteiger partial charge is 0.128 e. The standard InChI is InChI=1S/C6H9ClN2/c1-5(8)3-4-6(7)9-2/h3-4H,2,8H2,1H3/b5-3-,6-4-. The summed E-state index contributed by atoms with van der Waals surface area (Å²) in [7, 11) is 0. The van der Waals surface area contributed by atoms with E-state index in [1.807, 2.05) is 0 Å². The fourth-order valence-electron chi connectivity index (χ4n) is 0.253. The molecule has 3 heteroatoms. The van der Waals surface area contributed by atoms with Crippen molar-refractivity contribution >= 4 is 18.3 Å². The Morgan fingerprint density at radius 2 is 2.22 bits per heavy atom. The van der Waals surface area contributed by atoms with E-state index in [1.165, 1.54) is 0 Å². The van der Waals surface area contributed by atoms with Gasteiger partial charge < -0.3 is 5.73 Å². The van der Waals surface area contributed by atoms with Gasteiger partial charge in [-0.05, 0) is 25.8 Å². The number of hydrogen-bond acceptors (Lipinski definition) is 2. The van der Waals surface area contributed by atoms with Crippen LogP contribution in [0.4, 0.5) is 0 Å². The van der Waals surface area contributed by atoms with Crippen LogP contribution in [-0.2, 0) is 0 Å². The number of rotatable bonds is 2. The predicted molar refractivity (Wildman–Crippen MR) is 41.4 cm³/mol. The highest BCUT2D eigenvalue weighted by Gasteiger charge is 1.78. The minimum atomic E-state index is 0.347. The molecule has 0 aromatic rings. The molecule has 0 unspecified atom stereocenters. The summed E-state index contributed by atoms with van der Waals surface area (Å²) in [6.07, 6.45) is 3.25. The Morgan fingerprint density at radius 3 is 2.56 bits per heavy atom. The highest BCUT2D eigenvalue weighted by molar-refractivity contribution is 6.29. The molecule has 0 saturated heterocycles. The Labute approximate surface area is 59.7 Å². The molecule has 9 heavy (non-hydrogen) atoms. The number of allylic oxidation sites excluding steroid dienone is 3. The molecule has 0 spiro atoms. The summed E-state index contributed by atoms with van der Waals surface area (Å²) in [6, 6.07) is 0. The minimum Gasteiger partial charge on any atom is -0.402 e. The lowest BCUT2D eigenvalue weighted by molar-refractivity contribution is 1.31. The lowest BCUT2D eigenvalue weighted by Crippen LogP contribution is -1.87. The number of hydrogen-bond donors (Lipinski definition) is 1. The van der Waals surface area contributed by atoms with Crippen molar-refractivity contribution in [2.45, 2.75) is 6.92 Å². The van der Waals surface area contributed by atoms with Crippen molar-refractivity contribution in [1.29, 1.82) is 0 Å². The predicted octanol–water partition coefficient (Wildman–Crippen LogP) is 1.63. The third kappa shape index (κ3) is 5.11. The van der Waals surface area contributed by atoms with E-state index in [1.54, 1.807) is 19.1 Å². The van der Waals surface area contributed by atoms with Gasteiger partial charge in [0.15, 0.2) is 0 Å². The number of aliphatic imine (C=N–C) groups is 1. The van der Waals surface area contributed by atoms with Crippen LogP contribution in [0.25, 0.3) is 0 Å². The molecule has 2 nitrogen and oxygen atoms in total. The zero-order valence-electron chi connectivity index (χ0n) is 5.26. The topological polar surface area (TPSA) is 38.4 Å². The minimum absolute atomic E-state index is 0.347. The third-order valence-corrected chi connectivity index (χ3v) is 0.880. The van der Waals surface area contributed by atoms with Crippen LogP contribution in [0.3, 0.4) is 0 Å². The zero-order valence-corrected chi connectivity index (χ0v) is 6.02. The van der Waals surface area contributed by atoms with Crippen LogP contribution in [0.1, 0.15) is 6.92 Å². The van der Waals surface area contributed by atoms with Gasteiger partial charge in [-0.3, -0.25) is 4.99 Å². The van der Waals surface area contributed by atoms with Gasteiger partial charge in [-0.25, -0.2) is 0 Å². The number of nitrogens with zero attached hydrogens (tertiary/aromatic N) is 1. The first-order chi connectivity index (χ1) is 4.16. The van der Waals surface area contributed by atoms with Crippen molar-refractivity contribution in [3.8, 4) is 0 Å². The van der Waals surface area contributed by atoms with Gasteiger partial charge in [-0.2, -0.15) is 0 Å². The van der Waals surface area contributed by atoms with Gasteiger partial charge in [-0.15, -0.1) is 0 Å². The maximum Gasteiger partial charge on any atom is 0.128 e. The second-order valence-electron chi connectivity index (χ2n) is 1.56. The molecule has 0 heterocycles. The molecule has 0 rings (SSSR count). The van der Waals surface area contributed by atoms with Gasteiger partial charge in [0.25, 0.3) is 0 Å². The second kappa shape index (κ2) is 4.15. The summed E-state index contributed by atoms with van der Waals surface area (Å²) in [6.45, 7) is 4.99. The van der Waals surface area contributed by atoms with Crippen LogP contribution >= 0.6 is 11.6 Å². The van der Waals surface area contributed by atoms with E-state index in [0.717, 1.165) is 0 Å². The number of halogens is 1. The van der Waals surface area contributed by atoms with Gasteiger partial charge in [0.05, 0.1) is 0 Å². The van der Waals surface area contributed by atoms with Crippen molar-refractivity contribution in [2.24, 2.45) is 10.7 Å². The van der Waals surface area contributed by atoms with Crippen molar-refractivity contribution < 1.29 is 0 Å². The summed E-state index contributed by atoms with van der Waals surface area (Å²) < 4.78 is 0. The Kier molecular flexibility index (Phi) is 3.80. The molecule has 50 valence electrons. The molecule has 0 aromatic heterocycles. The highest BCUT2D eigenvalue weighted by Crippen LogP contribution is 2.00. The lowest BCUT2D eigenvalue weighted by Gasteiger charge is -1.84. The fourth-order valence-corrected chi connectivity index (χ4v) is 0.316. The van der Waals surface area contributed by atoms with Crippen molar-refractivity contribution in [3.05, 3.63) is 23.0 Å². The van der Waals surface area contributed by atoms with Crippen molar-refractivity contribution in [1.82, 2.24) is 0 Å². The monoisotopic (exact) mass is 144 g/mol. The van der Waals surface area contributed by atoms with Crippen LogP contribution in [0, 0.1) is 0 Å². The molecule has 0 saturated carbocycles. The Bertz CT molecular complexity index is 154. The largest absolute Gasteiger partial charge is 0.402 e. The average molecular weight is 145 g/mol. The molecule has 0 aliphatic carbocycles. The quantitative estimate of drug-likeness (QED) is 0.357. The fraction of sp³-hybridized carbons (Fsp3) is 0.167. The molecular formula is C6H9ClN2. The van der Waals surface area contributed by atoms with Crippen LogP contribution in [0.5, 0.6) is 0 Å². The first kappa shape index (κ1) is 8.24. The summed E-state index contributed by atoms with van der Waals surface area (Å²) in [4.78, 5) is 3.44. The molecule has 0 aliphatic rings. The maximum absolute atomic E-state index is 5.44. The van der Waals surface area contributed by atoms with E-state index in [4.69, 9.17) is 17.3 Å². The third-order valence-electron chi connectivity index (χ3n) is 0.635. The van der Waals surface area contributed by atoms with Gasteiger partial charge in [0, 0.05) is 5.70 Å². The zero-order chi connectivity index (χ0) is 7.28. The first-order valence-electron chi connectivity index (χ1n) is 2.43. The average Bonchev–Trinajstić information content (AvgIpc) is 1.83. The number of nitrogens with two attached hydrogens (primary N) is 1. The lowest BCUT2D eigenvalue weighted by atomic mass is 10.4. The van der Waals surface area contributed by atoms with Crippen LogP contribution in [-0.4, -0.2) is 6.72 Å². The summed E-state index contributed by atoms with van der Waals surface area (Å²) >= 11 is 5.44. The molecule has 0 fully saturated rings. The van der Waals surface area contributed by atoms with E-state index in [9.17, 15) is 0 Å². The molecule has 0 bridgehead atoms. The van der Waals surface area contributed by atoms with Crippen molar-refractivity contribution in [2.75, 3.05) is 0 Å². The van der Waals surface area contributed by atoms with E-state index in [0.29, 0.717) is 10.9 Å². The Hall–Kier alpha value is -0.760. The molecule has 0 atom stereocenters. The molecular weight excluding hydrogens is 136 g/mol. The SMILES string of the molecule is C=N/C(Cl)=C\C=C(\C)N. The molecule has 0 aromatic carbocycles. The summed E-state index contributed by atoms with van der Waals surface area (Å²) in [5.74, 6) is 0. The summed E-state index contributed by atoms with van der Waals surface area (Å²) in [5.41, 5.74) is 5.98. The Balaban J connectivity index is 3.98.